The number of rotatable bonds is 7. The molecule has 4 heterocycles. The predicted octanol–water partition coefficient (Wildman–Crippen LogP) is 10.4. The summed E-state index contributed by atoms with van der Waals surface area (Å²) >= 11 is 0. The van der Waals surface area contributed by atoms with Crippen molar-refractivity contribution in [2.24, 2.45) is 11.8 Å². The molecule has 249 valence electrons. The molecule has 2 aromatic carbocycles. The minimum atomic E-state index is -1.35. The molecule has 0 aliphatic heterocycles. The Labute approximate surface area is 300 Å². The molecule has 0 unspecified atom stereocenters. The zero-order valence-corrected chi connectivity index (χ0v) is 31.8. The summed E-state index contributed by atoms with van der Waals surface area (Å²) in [4.78, 5) is 13.7. The summed E-state index contributed by atoms with van der Waals surface area (Å²) < 4.78 is 6.03. The number of nitrogens with zero attached hydrogens (tertiary/aromatic N) is 3. The maximum absolute atomic E-state index is 6.03. The van der Waals surface area contributed by atoms with Crippen molar-refractivity contribution in [1.29, 1.82) is 0 Å². The summed E-state index contributed by atoms with van der Waals surface area (Å²) in [6.07, 6.45) is 19.3. The fourth-order valence-corrected chi connectivity index (χ4v) is 9.21. The van der Waals surface area contributed by atoms with E-state index in [2.05, 4.69) is 78.3 Å². The molecule has 0 N–H and O–H groups in total. The van der Waals surface area contributed by atoms with Crippen molar-refractivity contribution in [3.8, 4) is 22.5 Å². The van der Waals surface area contributed by atoms with Gasteiger partial charge in [0.05, 0.1) is 13.7 Å². The number of fused-ring (bicyclic) bond motifs is 3. The molecule has 0 spiro atoms. The number of hydrogen-bond acceptors (Lipinski definition) is 4. The van der Waals surface area contributed by atoms with Gasteiger partial charge in [-0.2, -0.15) is 0 Å². The van der Waals surface area contributed by atoms with Crippen LogP contribution in [0.3, 0.4) is 0 Å². The molecule has 2 saturated carbocycles. The van der Waals surface area contributed by atoms with Gasteiger partial charge in [-0.15, -0.1) is 54.1 Å². The summed E-state index contributed by atoms with van der Waals surface area (Å²) in [5.41, 5.74) is 8.43. The number of hydrogen-bond donors (Lipinski definition) is 0. The summed E-state index contributed by atoms with van der Waals surface area (Å²) in [6, 6.07) is 29.4. The van der Waals surface area contributed by atoms with Gasteiger partial charge in [-0.1, -0.05) is 105 Å². The van der Waals surface area contributed by atoms with Gasteiger partial charge in [0, 0.05) is 44.1 Å². The predicted molar refractivity (Wildman–Crippen MR) is 196 cm³/mol. The largest absolute Gasteiger partial charge is 0.486 e. The first-order valence-corrected chi connectivity index (χ1v) is 21.0. The van der Waals surface area contributed by atoms with Gasteiger partial charge in [0.15, 0.2) is 0 Å². The van der Waals surface area contributed by atoms with Crippen molar-refractivity contribution in [3.63, 3.8) is 0 Å². The van der Waals surface area contributed by atoms with Gasteiger partial charge in [0.2, 0.25) is 5.71 Å². The molecule has 0 saturated heterocycles. The monoisotopic (exact) mass is 828 g/mol. The maximum atomic E-state index is 6.03. The van der Waals surface area contributed by atoms with E-state index in [1.807, 2.05) is 42.6 Å². The van der Waals surface area contributed by atoms with Crippen molar-refractivity contribution in [1.82, 2.24) is 15.0 Å². The molecule has 1 radical (unpaired) electrons. The molecule has 48 heavy (non-hydrogen) atoms. The number of pyridine rings is 3. The Morgan fingerprint density at radius 1 is 0.729 bits per heavy atom. The molecule has 6 heteroatoms. The molecule has 4 aromatic heterocycles. The first kappa shape index (κ1) is 34.4. The molecule has 0 atom stereocenters. The van der Waals surface area contributed by atoms with Crippen LogP contribution in [-0.4, -0.2) is 23.0 Å². The van der Waals surface area contributed by atoms with Crippen LogP contribution in [0.2, 0.25) is 19.6 Å². The normalized spacial score (nSPS) is 15.4. The van der Waals surface area contributed by atoms with Gasteiger partial charge < -0.3 is 14.4 Å². The van der Waals surface area contributed by atoms with Crippen LogP contribution in [-0.2, 0) is 32.9 Å². The molecule has 2 fully saturated rings. The van der Waals surface area contributed by atoms with Crippen LogP contribution >= 0.6 is 0 Å². The third kappa shape index (κ3) is 7.88. The number of benzene rings is 2. The Kier molecular flexibility index (Phi) is 11.0. The van der Waals surface area contributed by atoms with Gasteiger partial charge in [-0.25, -0.2) is 4.98 Å². The first-order chi connectivity index (χ1) is 22.9. The Morgan fingerprint density at radius 3 is 2.23 bits per heavy atom. The van der Waals surface area contributed by atoms with Crippen LogP contribution in [0, 0.1) is 24.0 Å². The average Bonchev–Trinajstić information content (AvgIpc) is 3.87. The fraction of sp³-hybridized carbons (Fsp3) is 0.357. The summed E-state index contributed by atoms with van der Waals surface area (Å²) in [7, 11) is -1.35. The zero-order chi connectivity index (χ0) is 32.2. The van der Waals surface area contributed by atoms with E-state index in [-0.39, 0.29) is 20.1 Å². The van der Waals surface area contributed by atoms with Crippen LogP contribution in [0.25, 0.3) is 44.6 Å². The SMILES string of the molecule is C[Si](C)(C)c1cnc(-c2[c-]cccc2)cc1CC1CCCC1.[Ir].[c-]1ccc2c(oc3ncccc32)c1-c1cc(CC2CCCC2)ccn1. The van der Waals surface area contributed by atoms with Crippen molar-refractivity contribution in [2.45, 2.75) is 83.8 Å². The Morgan fingerprint density at radius 2 is 1.50 bits per heavy atom. The fourth-order valence-electron chi connectivity index (χ4n) is 7.62. The Bertz CT molecular complexity index is 1950. The smallest absolute Gasteiger partial charge is 0.216 e. The number of furan rings is 1. The molecular weight excluding hydrogens is 783 g/mol. The maximum Gasteiger partial charge on any atom is 0.216 e. The van der Waals surface area contributed by atoms with Gasteiger partial charge in [0.1, 0.15) is 0 Å². The average molecular weight is 828 g/mol. The minimum absolute atomic E-state index is 0. The molecule has 2 aliphatic carbocycles. The van der Waals surface area contributed by atoms with E-state index < -0.39 is 8.07 Å². The van der Waals surface area contributed by atoms with Crippen molar-refractivity contribution >= 4 is 35.3 Å². The van der Waals surface area contributed by atoms with Crippen molar-refractivity contribution in [3.05, 3.63) is 109 Å². The summed E-state index contributed by atoms with van der Waals surface area (Å²) in [5.74, 6) is 1.70. The molecule has 0 bridgehead atoms. The molecule has 4 nitrogen and oxygen atoms in total. The van der Waals surface area contributed by atoms with Crippen molar-refractivity contribution in [2.75, 3.05) is 0 Å². The van der Waals surface area contributed by atoms with E-state index in [0.717, 1.165) is 57.1 Å². The Balaban J connectivity index is 0.000000165. The second-order valence-electron chi connectivity index (χ2n) is 14.6. The van der Waals surface area contributed by atoms with Crippen LogP contribution in [0.4, 0.5) is 0 Å². The third-order valence-corrected chi connectivity index (χ3v) is 12.1. The number of aromatic nitrogens is 3. The van der Waals surface area contributed by atoms with Gasteiger partial charge >= 0.3 is 0 Å². The van der Waals surface area contributed by atoms with Crippen LogP contribution in [0.5, 0.6) is 0 Å². The molecule has 2 aliphatic rings. The first-order valence-electron chi connectivity index (χ1n) is 17.5. The van der Waals surface area contributed by atoms with Gasteiger partial charge in [-0.05, 0) is 59.5 Å². The molecule has 0 amide bonds. The molecule has 6 aromatic rings. The minimum Gasteiger partial charge on any atom is -0.486 e. The second-order valence-corrected chi connectivity index (χ2v) is 19.6. The summed E-state index contributed by atoms with van der Waals surface area (Å²) in [6.45, 7) is 7.28. The van der Waals surface area contributed by atoms with E-state index in [0.29, 0.717) is 5.71 Å². The molecule has 8 rings (SSSR count). The van der Waals surface area contributed by atoms with Crippen LogP contribution < -0.4 is 5.19 Å². The van der Waals surface area contributed by atoms with E-state index >= 15 is 0 Å². The van der Waals surface area contributed by atoms with E-state index in [4.69, 9.17) is 9.40 Å². The molecular formula is C42H45IrN3OSi-2. The third-order valence-electron chi connectivity index (χ3n) is 10.1. The van der Waals surface area contributed by atoms with Crippen LogP contribution in [0.15, 0.2) is 89.7 Å². The van der Waals surface area contributed by atoms with Gasteiger partial charge in [-0.3, -0.25) is 0 Å². The Hall–Kier alpha value is -3.44. The van der Waals surface area contributed by atoms with Gasteiger partial charge in [0.25, 0.3) is 0 Å². The van der Waals surface area contributed by atoms with Crippen LogP contribution in [0.1, 0.15) is 62.5 Å². The summed E-state index contributed by atoms with van der Waals surface area (Å²) in [5, 5.41) is 3.65. The second kappa shape index (κ2) is 15.4. The van der Waals surface area contributed by atoms with E-state index in [9.17, 15) is 0 Å². The van der Waals surface area contributed by atoms with E-state index in [1.165, 1.54) is 63.4 Å². The zero-order valence-electron chi connectivity index (χ0n) is 28.4. The quantitative estimate of drug-likeness (QED) is 0.119. The topological polar surface area (TPSA) is 51.8 Å². The standard InChI is InChI=1S/C22H19N2O.C20H26NSi.Ir/c1-2-6-15(5-1)13-16-10-12-23-20(14-16)19-8-3-7-17-18-9-4-11-24-22(18)25-21(17)19;1-22(2,3)20-15-21-19(17-11-5-4-6-12-17)14-18(20)13-16-9-7-8-10-16;/h3-4,7,9-12,14-15H,1-2,5-6,13H2;4-6,11,14-16H,7-10,13H2,1-3H3;/q2*-1;. The van der Waals surface area contributed by atoms with E-state index in [1.54, 1.807) is 16.9 Å². The van der Waals surface area contributed by atoms with Crippen molar-refractivity contribution < 1.29 is 24.5 Å².